The zero-order chi connectivity index (χ0) is 14.0. The number of hydrogen-bond acceptors (Lipinski definition) is 2. The van der Waals surface area contributed by atoms with E-state index in [1.54, 1.807) is 0 Å². The van der Waals surface area contributed by atoms with Crippen molar-refractivity contribution in [3.05, 3.63) is 53.6 Å². The molecule has 0 aliphatic carbocycles. The minimum absolute atomic E-state index is 0.0419. The summed E-state index contributed by atoms with van der Waals surface area (Å²) in [6.07, 6.45) is 0. The summed E-state index contributed by atoms with van der Waals surface area (Å²) in [4.78, 5) is 10.7. The van der Waals surface area contributed by atoms with Gasteiger partial charge in [-0.1, -0.05) is 12.1 Å². The van der Waals surface area contributed by atoms with Crippen molar-refractivity contribution in [3.63, 3.8) is 0 Å². The van der Waals surface area contributed by atoms with Crippen molar-refractivity contribution < 1.29 is 23.4 Å². The molecule has 1 N–H and O–H groups in total. The number of hydrogen-bond donors (Lipinski definition) is 1. The average molecular weight is 264 g/mol. The molecule has 0 spiro atoms. The molecule has 98 valence electrons. The molecule has 0 saturated carbocycles. The van der Waals surface area contributed by atoms with Crippen LogP contribution in [0.15, 0.2) is 36.4 Å². The fraction of sp³-hybridized carbons (Fsp3) is 0.0714. The SMILES string of the molecule is COc1cc(-c2ccc(C(=O)O)c(F)c2)ccc1F. The summed E-state index contributed by atoms with van der Waals surface area (Å²) < 4.78 is 31.7. The predicted molar refractivity (Wildman–Crippen MR) is 65.3 cm³/mol. The first kappa shape index (κ1) is 13.0. The first-order chi connectivity index (χ1) is 9.02. The van der Waals surface area contributed by atoms with Gasteiger partial charge in [-0.15, -0.1) is 0 Å². The Kier molecular flexibility index (Phi) is 3.46. The molecule has 0 heterocycles. The van der Waals surface area contributed by atoms with E-state index in [4.69, 9.17) is 9.84 Å². The first-order valence-corrected chi connectivity index (χ1v) is 5.39. The van der Waals surface area contributed by atoms with E-state index in [-0.39, 0.29) is 5.75 Å². The van der Waals surface area contributed by atoms with Crippen molar-refractivity contribution in [1.29, 1.82) is 0 Å². The number of ether oxygens (including phenoxy) is 1. The monoisotopic (exact) mass is 264 g/mol. The van der Waals surface area contributed by atoms with Crippen LogP contribution in [0.1, 0.15) is 10.4 Å². The lowest BCUT2D eigenvalue weighted by atomic mass is 10.0. The Morgan fingerprint density at radius 3 is 2.26 bits per heavy atom. The molecule has 0 fully saturated rings. The maximum atomic E-state index is 13.6. The summed E-state index contributed by atoms with van der Waals surface area (Å²) >= 11 is 0. The number of methoxy groups -OCH3 is 1. The van der Waals surface area contributed by atoms with E-state index in [0.717, 1.165) is 6.07 Å². The third-order valence-corrected chi connectivity index (χ3v) is 2.68. The Morgan fingerprint density at radius 1 is 1.05 bits per heavy atom. The van der Waals surface area contributed by atoms with Gasteiger partial charge in [0.25, 0.3) is 0 Å². The summed E-state index contributed by atoms with van der Waals surface area (Å²) in [6, 6.07) is 7.81. The predicted octanol–water partition coefficient (Wildman–Crippen LogP) is 3.34. The normalized spacial score (nSPS) is 10.3. The van der Waals surface area contributed by atoms with Gasteiger partial charge in [0.2, 0.25) is 0 Å². The van der Waals surface area contributed by atoms with E-state index in [0.29, 0.717) is 11.1 Å². The summed E-state index contributed by atoms with van der Waals surface area (Å²) in [5.74, 6) is -2.65. The number of halogens is 2. The molecule has 0 radical (unpaired) electrons. The number of carboxylic acid groups (broad SMARTS) is 1. The highest BCUT2D eigenvalue weighted by Gasteiger charge is 2.12. The van der Waals surface area contributed by atoms with Crippen molar-refractivity contribution in [2.45, 2.75) is 0 Å². The molecule has 2 aromatic rings. The Labute approximate surface area is 108 Å². The third kappa shape index (κ3) is 2.54. The number of aromatic carboxylic acids is 1. The van der Waals surface area contributed by atoms with Crippen LogP contribution in [0.5, 0.6) is 5.75 Å². The van der Waals surface area contributed by atoms with E-state index in [2.05, 4.69) is 0 Å². The number of benzene rings is 2. The van der Waals surface area contributed by atoms with Gasteiger partial charge in [0.15, 0.2) is 11.6 Å². The maximum Gasteiger partial charge on any atom is 0.338 e. The molecule has 0 aromatic heterocycles. The van der Waals surface area contributed by atoms with Gasteiger partial charge in [-0.3, -0.25) is 0 Å². The second-order valence-electron chi connectivity index (χ2n) is 3.85. The zero-order valence-corrected chi connectivity index (χ0v) is 9.98. The molecular formula is C14H10F2O3. The van der Waals surface area contributed by atoms with Gasteiger partial charge < -0.3 is 9.84 Å². The fourth-order valence-corrected chi connectivity index (χ4v) is 1.71. The van der Waals surface area contributed by atoms with Crippen LogP contribution >= 0.6 is 0 Å². The molecule has 19 heavy (non-hydrogen) atoms. The number of carboxylic acids is 1. The van der Waals surface area contributed by atoms with Crippen molar-refractivity contribution in [2.75, 3.05) is 7.11 Å². The Morgan fingerprint density at radius 2 is 1.68 bits per heavy atom. The van der Waals surface area contributed by atoms with Crippen LogP contribution in [0, 0.1) is 11.6 Å². The second kappa shape index (κ2) is 5.06. The molecule has 5 heteroatoms. The highest BCUT2D eigenvalue weighted by atomic mass is 19.1. The summed E-state index contributed by atoms with van der Waals surface area (Å²) in [7, 11) is 1.33. The van der Waals surface area contributed by atoms with Crippen LogP contribution in [0.2, 0.25) is 0 Å². The number of rotatable bonds is 3. The van der Waals surface area contributed by atoms with Gasteiger partial charge in [0.05, 0.1) is 12.7 Å². The van der Waals surface area contributed by atoms with Gasteiger partial charge in [-0.25, -0.2) is 13.6 Å². The summed E-state index contributed by atoms with van der Waals surface area (Å²) in [5.41, 5.74) is 0.577. The van der Waals surface area contributed by atoms with E-state index in [9.17, 15) is 13.6 Å². The summed E-state index contributed by atoms with van der Waals surface area (Å²) in [6.45, 7) is 0. The standard InChI is InChI=1S/C14H10F2O3/c1-19-13-7-9(3-5-11(13)15)8-2-4-10(14(17)18)12(16)6-8/h2-7H,1H3,(H,17,18). The highest BCUT2D eigenvalue weighted by molar-refractivity contribution is 5.88. The Bertz CT molecular complexity index is 639. The topological polar surface area (TPSA) is 46.5 Å². The molecule has 0 aliphatic rings. The number of carbonyl (C=O) groups is 1. The molecule has 0 amide bonds. The molecule has 0 saturated heterocycles. The molecule has 0 unspecified atom stereocenters. The smallest absolute Gasteiger partial charge is 0.338 e. The molecule has 2 rings (SSSR count). The second-order valence-corrected chi connectivity index (χ2v) is 3.85. The maximum absolute atomic E-state index is 13.6. The van der Waals surface area contributed by atoms with Gasteiger partial charge >= 0.3 is 5.97 Å². The quantitative estimate of drug-likeness (QED) is 0.924. The average Bonchev–Trinajstić information content (AvgIpc) is 2.38. The molecule has 0 bridgehead atoms. The van der Waals surface area contributed by atoms with E-state index in [1.165, 1.54) is 37.4 Å². The third-order valence-electron chi connectivity index (χ3n) is 2.68. The van der Waals surface area contributed by atoms with Crippen LogP contribution in [-0.2, 0) is 0 Å². The molecule has 0 atom stereocenters. The van der Waals surface area contributed by atoms with Crippen LogP contribution in [-0.4, -0.2) is 18.2 Å². The minimum Gasteiger partial charge on any atom is -0.494 e. The lowest BCUT2D eigenvalue weighted by molar-refractivity contribution is 0.0692. The van der Waals surface area contributed by atoms with E-state index >= 15 is 0 Å². The minimum atomic E-state index is -1.33. The Balaban J connectivity index is 2.48. The molecule has 3 nitrogen and oxygen atoms in total. The lowest BCUT2D eigenvalue weighted by Gasteiger charge is -2.07. The van der Waals surface area contributed by atoms with Crippen molar-refractivity contribution >= 4 is 5.97 Å². The van der Waals surface area contributed by atoms with Gasteiger partial charge in [0.1, 0.15) is 5.82 Å². The van der Waals surface area contributed by atoms with Crippen LogP contribution in [0.25, 0.3) is 11.1 Å². The largest absolute Gasteiger partial charge is 0.494 e. The van der Waals surface area contributed by atoms with Crippen molar-refractivity contribution in [3.8, 4) is 16.9 Å². The van der Waals surface area contributed by atoms with E-state index in [1.807, 2.05) is 0 Å². The molecule has 0 aliphatic heterocycles. The molecular weight excluding hydrogens is 254 g/mol. The fourth-order valence-electron chi connectivity index (χ4n) is 1.71. The zero-order valence-electron chi connectivity index (χ0n) is 9.98. The van der Waals surface area contributed by atoms with Crippen LogP contribution in [0.4, 0.5) is 8.78 Å². The van der Waals surface area contributed by atoms with Crippen LogP contribution < -0.4 is 4.74 Å². The molecule has 2 aromatic carbocycles. The van der Waals surface area contributed by atoms with Crippen molar-refractivity contribution in [2.24, 2.45) is 0 Å². The van der Waals surface area contributed by atoms with Gasteiger partial charge in [-0.05, 0) is 35.4 Å². The highest BCUT2D eigenvalue weighted by Crippen LogP contribution is 2.27. The van der Waals surface area contributed by atoms with Crippen molar-refractivity contribution in [1.82, 2.24) is 0 Å². The van der Waals surface area contributed by atoms with Gasteiger partial charge in [-0.2, -0.15) is 0 Å². The Hall–Kier alpha value is -2.43. The first-order valence-electron chi connectivity index (χ1n) is 5.39. The lowest BCUT2D eigenvalue weighted by Crippen LogP contribution is -2.00. The van der Waals surface area contributed by atoms with Crippen LogP contribution in [0.3, 0.4) is 0 Å². The summed E-state index contributed by atoms with van der Waals surface area (Å²) in [5, 5.41) is 8.74. The van der Waals surface area contributed by atoms with Gasteiger partial charge in [0, 0.05) is 0 Å². The van der Waals surface area contributed by atoms with E-state index < -0.39 is 23.2 Å².